The van der Waals surface area contributed by atoms with E-state index in [9.17, 15) is 9.59 Å². The number of hydrogen-bond acceptors (Lipinski definition) is 5. The van der Waals surface area contributed by atoms with E-state index < -0.39 is 11.9 Å². The van der Waals surface area contributed by atoms with E-state index in [-0.39, 0.29) is 22.5 Å². The molecular weight excluding hydrogens is 264 g/mol. The van der Waals surface area contributed by atoms with Crippen LogP contribution in [0.15, 0.2) is 18.2 Å². The van der Waals surface area contributed by atoms with Crippen LogP contribution >= 0.6 is 0 Å². The first-order valence-corrected chi connectivity index (χ1v) is 5.38. The summed E-state index contributed by atoms with van der Waals surface area (Å²) in [6.45, 7) is 1.58. The van der Waals surface area contributed by atoms with Crippen molar-refractivity contribution in [2.45, 2.75) is 6.92 Å². The Morgan fingerprint density at radius 3 is 2.15 bits per heavy atom. The summed E-state index contributed by atoms with van der Waals surface area (Å²) in [5.41, 5.74) is 0.324. The number of nitriles is 1. The molecule has 20 heavy (non-hydrogen) atoms. The largest absolute Gasteiger partial charge is 0.478 e. The van der Waals surface area contributed by atoms with Gasteiger partial charge >= 0.3 is 11.9 Å². The maximum atomic E-state index is 11.0. The molecule has 2 N–H and O–H groups in total. The molecule has 8 heteroatoms. The molecule has 0 aliphatic heterocycles. The molecule has 0 saturated carbocycles. The number of carbonyl (C=O) groups is 2. The molecule has 0 bridgehead atoms. The van der Waals surface area contributed by atoms with Crippen molar-refractivity contribution in [1.82, 2.24) is 15.0 Å². The smallest absolute Gasteiger partial charge is 0.335 e. The van der Waals surface area contributed by atoms with Crippen LogP contribution in [0.1, 0.15) is 32.1 Å². The van der Waals surface area contributed by atoms with Crippen LogP contribution in [0.25, 0.3) is 5.69 Å². The van der Waals surface area contributed by atoms with Gasteiger partial charge in [-0.2, -0.15) is 5.26 Å². The molecule has 0 unspecified atom stereocenters. The number of nitrogens with zero attached hydrogens (tertiary/aromatic N) is 4. The van der Waals surface area contributed by atoms with Crippen LogP contribution in [0.5, 0.6) is 0 Å². The Labute approximate surface area is 112 Å². The van der Waals surface area contributed by atoms with E-state index in [2.05, 4.69) is 10.3 Å². The lowest BCUT2D eigenvalue weighted by Crippen LogP contribution is -2.07. The number of aromatic nitrogens is 3. The Morgan fingerprint density at radius 2 is 1.75 bits per heavy atom. The maximum absolute atomic E-state index is 11.0. The van der Waals surface area contributed by atoms with Crippen molar-refractivity contribution < 1.29 is 19.8 Å². The minimum atomic E-state index is -1.26. The third kappa shape index (κ3) is 2.20. The number of benzene rings is 1. The van der Waals surface area contributed by atoms with Crippen molar-refractivity contribution in [2.75, 3.05) is 0 Å². The number of carboxylic acids is 2. The summed E-state index contributed by atoms with van der Waals surface area (Å²) in [4.78, 5) is 22.0. The molecule has 0 fully saturated rings. The molecule has 1 heterocycles. The third-order valence-corrected chi connectivity index (χ3v) is 2.66. The predicted molar refractivity (Wildman–Crippen MR) is 64.7 cm³/mol. The van der Waals surface area contributed by atoms with Crippen molar-refractivity contribution in [1.29, 1.82) is 5.26 Å². The maximum Gasteiger partial charge on any atom is 0.335 e. The van der Waals surface area contributed by atoms with Crippen molar-refractivity contribution >= 4 is 11.9 Å². The Bertz CT molecular complexity index is 725. The average Bonchev–Trinajstić information content (AvgIpc) is 2.79. The van der Waals surface area contributed by atoms with Crippen LogP contribution in [-0.2, 0) is 0 Å². The summed E-state index contributed by atoms with van der Waals surface area (Å²) in [5, 5.41) is 34.1. The van der Waals surface area contributed by atoms with Gasteiger partial charge in [0.1, 0.15) is 6.07 Å². The zero-order valence-electron chi connectivity index (χ0n) is 10.2. The molecule has 0 aliphatic rings. The van der Waals surface area contributed by atoms with Gasteiger partial charge in [0.15, 0.2) is 5.69 Å². The minimum Gasteiger partial charge on any atom is -0.478 e. The summed E-state index contributed by atoms with van der Waals surface area (Å²) < 4.78 is 1.22. The second-order valence-corrected chi connectivity index (χ2v) is 3.93. The Hall–Kier alpha value is -3.21. The zero-order chi connectivity index (χ0) is 14.9. The molecule has 1 aromatic heterocycles. The molecule has 0 amide bonds. The highest BCUT2D eigenvalue weighted by atomic mass is 16.4. The monoisotopic (exact) mass is 272 g/mol. The second kappa shape index (κ2) is 4.81. The Morgan fingerprint density at radius 1 is 1.20 bits per heavy atom. The van der Waals surface area contributed by atoms with Crippen molar-refractivity contribution in [3.8, 4) is 11.8 Å². The highest BCUT2D eigenvalue weighted by Crippen LogP contribution is 2.17. The lowest BCUT2D eigenvalue weighted by atomic mass is 10.1. The summed E-state index contributed by atoms with van der Waals surface area (Å²) >= 11 is 0. The van der Waals surface area contributed by atoms with E-state index in [4.69, 9.17) is 15.5 Å². The van der Waals surface area contributed by atoms with Gasteiger partial charge in [-0.05, 0) is 25.1 Å². The molecule has 2 rings (SSSR count). The number of rotatable bonds is 3. The zero-order valence-corrected chi connectivity index (χ0v) is 10.2. The van der Waals surface area contributed by atoms with Gasteiger partial charge in [0.05, 0.1) is 22.5 Å². The predicted octanol–water partition coefficient (Wildman–Crippen LogP) is 0.844. The van der Waals surface area contributed by atoms with Gasteiger partial charge in [-0.15, -0.1) is 5.10 Å². The molecule has 8 nitrogen and oxygen atoms in total. The minimum absolute atomic E-state index is 0.0857. The van der Waals surface area contributed by atoms with Gasteiger partial charge in [0.25, 0.3) is 0 Å². The van der Waals surface area contributed by atoms with Crippen molar-refractivity contribution in [3.05, 3.63) is 40.7 Å². The van der Waals surface area contributed by atoms with Gasteiger partial charge in [-0.1, -0.05) is 5.21 Å². The standard InChI is InChI=1S/C12H8N4O4/c1-6-10(5-13)14-15-16(6)9-3-7(11(17)18)2-8(4-9)12(19)20/h2-4H,1H3,(H,17,18)(H,19,20). The first-order valence-electron chi connectivity index (χ1n) is 5.38. The van der Waals surface area contributed by atoms with Crippen LogP contribution in [0.4, 0.5) is 0 Å². The van der Waals surface area contributed by atoms with Crippen molar-refractivity contribution in [2.24, 2.45) is 0 Å². The fraction of sp³-hybridized carbons (Fsp3) is 0.0833. The molecule has 0 saturated heterocycles. The fourth-order valence-electron chi connectivity index (χ4n) is 1.66. The van der Waals surface area contributed by atoms with Crippen LogP contribution in [0.2, 0.25) is 0 Å². The normalized spacial score (nSPS) is 10.0. The van der Waals surface area contributed by atoms with Gasteiger partial charge in [-0.3, -0.25) is 0 Å². The van der Waals surface area contributed by atoms with E-state index in [0.29, 0.717) is 5.69 Å². The van der Waals surface area contributed by atoms with Crippen LogP contribution in [0.3, 0.4) is 0 Å². The van der Waals surface area contributed by atoms with Gasteiger partial charge in [0.2, 0.25) is 0 Å². The van der Waals surface area contributed by atoms with Crippen LogP contribution in [-0.4, -0.2) is 37.1 Å². The van der Waals surface area contributed by atoms with Crippen LogP contribution < -0.4 is 0 Å². The van der Waals surface area contributed by atoms with Gasteiger partial charge in [-0.25, -0.2) is 14.3 Å². The Balaban J connectivity index is 2.67. The van der Waals surface area contributed by atoms with E-state index >= 15 is 0 Å². The van der Waals surface area contributed by atoms with E-state index in [1.54, 1.807) is 6.92 Å². The highest BCUT2D eigenvalue weighted by Gasteiger charge is 2.15. The lowest BCUT2D eigenvalue weighted by molar-refractivity contribution is 0.0696. The first kappa shape index (κ1) is 13.2. The number of aromatic carboxylic acids is 2. The summed E-state index contributed by atoms with van der Waals surface area (Å²) in [6, 6.07) is 5.40. The molecule has 1 aromatic carbocycles. The topological polar surface area (TPSA) is 129 Å². The highest BCUT2D eigenvalue weighted by molar-refractivity contribution is 5.94. The first-order chi connectivity index (χ1) is 9.43. The summed E-state index contributed by atoms with van der Waals surface area (Å²) in [6.07, 6.45) is 0. The lowest BCUT2D eigenvalue weighted by Gasteiger charge is -2.06. The number of carboxylic acid groups (broad SMARTS) is 2. The summed E-state index contributed by atoms with van der Waals surface area (Å²) in [7, 11) is 0. The van der Waals surface area contributed by atoms with E-state index in [0.717, 1.165) is 6.07 Å². The molecule has 0 radical (unpaired) electrons. The second-order valence-electron chi connectivity index (χ2n) is 3.93. The molecule has 100 valence electrons. The van der Waals surface area contributed by atoms with Crippen LogP contribution in [0, 0.1) is 18.3 Å². The summed E-state index contributed by atoms with van der Waals surface area (Å²) in [5.74, 6) is -2.51. The molecule has 0 atom stereocenters. The Kier molecular flexibility index (Phi) is 3.18. The number of hydrogen-bond donors (Lipinski definition) is 2. The molecular formula is C12H8N4O4. The van der Waals surface area contributed by atoms with E-state index in [1.807, 2.05) is 6.07 Å². The molecule has 0 spiro atoms. The molecule has 2 aromatic rings. The fourth-order valence-corrected chi connectivity index (χ4v) is 1.66. The van der Waals surface area contributed by atoms with Gasteiger partial charge in [0, 0.05) is 0 Å². The third-order valence-electron chi connectivity index (χ3n) is 2.66. The van der Waals surface area contributed by atoms with Crippen molar-refractivity contribution in [3.63, 3.8) is 0 Å². The quantitative estimate of drug-likeness (QED) is 0.846. The van der Waals surface area contributed by atoms with Gasteiger partial charge < -0.3 is 10.2 Å². The average molecular weight is 272 g/mol. The van der Waals surface area contributed by atoms with E-state index in [1.165, 1.54) is 16.8 Å². The SMILES string of the molecule is Cc1c(C#N)nnn1-c1cc(C(=O)O)cc(C(=O)O)c1. The molecule has 0 aliphatic carbocycles.